The maximum absolute atomic E-state index is 13.6. The molecule has 0 heterocycles. The predicted molar refractivity (Wildman–Crippen MR) is 64.0 cm³/mol. The molecule has 0 saturated heterocycles. The van der Waals surface area contributed by atoms with Crippen LogP contribution in [0.5, 0.6) is 0 Å². The molecule has 3 N–H and O–H groups in total. The molecule has 1 atom stereocenters. The van der Waals surface area contributed by atoms with E-state index < -0.39 is 11.4 Å². The van der Waals surface area contributed by atoms with Crippen LogP contribution in [0.3, 0.4) is 0 Å². The number of hydrogen-bond donors (Lipinski definition) is 2. The van der Waals surface area contributed by atoms with Gasteiger partial charge in [-0.15, -0.1) is 0 Å². The van der Waals surface area contributed by atoms with Gasteiger partial charge in [-0.3, -0.25) is 0 Å². The summed E-state index contributed by atoms with van der Waals surface area (Å²) in [4.78, 5) is 0. The molecule has 0 aliphatic rings. The molecule has 16 heavy (non-hydrogen) atoms. The highest BCUT2D eigenvalue weighted by molar-refractivity contribution is 6.30. The minimum absolute atomic E-state index is 0.0772. The van der Waals surface area contributed by atoms with E-state index >= 15 is 0 Å². The molecule has 0 aliphatic carbocycles. The van der Waals surface area contributed by atoms with Crippen molar-refractivity contribution in [3.05, 3.63) is 34.6 Å². The average molecular weight is 246 g/mol. The van der Waals surface area contributed by atoms with Crippen molar-refractivity contribution < 1.29 is 9.50 Å². The van der Waals surface area contributed by atoms with Crippen LogP contribution >= 0.6 is 11.6 Å². The zero-order chi connectivity index (χ0) is 12.2. The minimum atomic E-state index is -1.04. The second-order valence-electron chi connectivity index (χ2n) is 4.07. The third-order valence-electron chi connectivity index (χ3n) is 2.65. The topological polar surface area (TPSA) is 46.2 Å². The summed E-state index contributed by atoms with van der Waals surface area (Å²) in [6, 6.07) is 4.78. The molecule has 1 aromatic carbocycles. The van der Waals surface area contributed by atoms with Crippen LogP contribution in [0.15, 0.2) is 18.2 Å². The van der Waals surface area contributed by atoms with E-state index in [-0.39, 0.29) is 18.0 Å². The summed E-state index contributed by atoms with van der Waals surface area (Å²) < 4.78 is 13.6. The number of nitrogens with two attached hydrogens (primary N) is 1. The Hall–Kier alpha value is -0.640. The minimum Gasteiger partial charge on any atom is -0.388 e. The van der Waals surface area contributed by atoms with Gasteiger partial charge in [-0.1, -0.05) is 37.1 Å². The first-order chi connectivity index (χ1) is 7.52. The van der Waals surface area contributed by atoms with Crippen molar-refractivity contribution in [1.82, 2.24) is 0 Å². The average Bonchev–Trinajstić information content (AvgIpc) is 2.25. The fourth-order valence-corrected chi connectivity index (χ4v) is 1.96. The van der Waals surface area contributed by atoms with Crippen LogP contribution in [0.1, 0.15) is 25.3 Å². The normalized spacial score (nSPS) is 14.8. The molecule has 1 unspecified atom stereocenters. The van der Waals surface area contributed by atoms with Gasteiger partial charge in [0.25, 0.3) is 0 Å². The molecule has 0 radical (unpaired) electrons. The second kappa shape index (κ2) is 5.62. The summed E-state index contributed by atoms with van der Waals surface area (Å²) in [5.41, 5.74) is 4.89. The fourth-order valence-electron chi connectivity index (χ4n) is 1.77. The molecular weight excluding hydrogens is 229 g/mol. The lowest BCUT2D eigenvalue weighted by atomic mass is 9.90. The Labute approximate surface area is 100 Å². The largest absolute Gasteiger partial charge is 0.388 e. The van der Waals surface area contributed by atoms with Crippen molar-refractivity contribution in [3.63, 3.8) is 0 Å². The van der Waals surface area contributed by atoms with E-state index in [1.54, 1.807) is 12.1 Å². The Balaban J connectivity index is 2.90. The van der Waals surface area contributed by atoms with E-state index in [1.165, 1.54) is 6.07 Å². The van der Waals surface area contributed by atoms with Crippen LogP contribution in [0.25, 0.3) is 0 Å². The van der Waals surface area contributed by atoms with Crippen LogP contribution in [-0.2, 0) is 6.42 Å². The lowest BCUT2D eigenvalue weighted by molar-refractivity contribution is 0.0391. The van der Waals surface area contributed by atoms with Gasteiger partial charge in [0.1, 0.15) is 5.82 Å². The van der Waals surface area contributed by atoms with E-state index in [1.807, 2.05) is 6.92 Å². The van der Waals surface area contributed by atoms with E-state index in [9.17, 15) is 9.50 Å². The number of halogens is 2. The molecule has 1 rings (SSSR count). The first-order valence-electron chi connectivity index (χ1n) is 5.38. The SMILES string of the molecule is CCCC(O)(CN)Cc1cccc(Cl)c1F. The first kappa shape index (κ1) is 13.4. The van der Waals surface area contributed by atoms with E-state index in [0.717, 1.165) is 6.42 Å². The fraction of sp³-hybridized carbons (Fsp3) is 0.500. The number of rotatable bonds is 5. The monoisotopic (exact) mass is 245 g/mol. The molecule has 2 nitrogen and oxygen atoms in total. The molecule has 90 valence electrons. The summed E-state index contributed by atoms with van der Waals surface area (Å²) in [6.07, 6.45) is 1.55. The first-order valence-corrected chi connectivity index (χ1v) is 5.75. The van der Waals surface area contributed by atoms with Crippen molar-refractivity contribution in [1.29, 1.82) is 0 Å². The van der Waals surface area contributed by atoms with E-state index in [0.29, 0.717) is 12.0 Å². The molecule has 4 heteroatoms. The van der Waals surface area contributed by atoms with Crippen molar-refractivity contribution in [2.24, 2.45) is 5.73 Å². The number of hydrogen-bond acceptors (Lipinski definition) is 2. The van der Waals surface area contributed by atoms with Gasteiger partial charge in [0.05, 0.1) is 10.6 Å². The van der Waals surface area contributed by atoms with Crippen molar-refractivity contribution in [2.75, 3.05) is 6.54 Å². The van der Waals surface area contributed by atoms with Gasteiger partial charge in [0.2, 0.25) is 0 Å². The summed E-state index contributed by atoms with van der Waals surface area (Å²) in [5.74, 6) is -0.466. The lowest BCUT2D eigenvalue weighted by Gasteiger charge is -2.26. The predicted octanol–water partition coefficient (Wildman–Crippen LogP) is 2.51. The van der Waals surface area contributed by atoms with Crippen LogP contribution in [0.4, 0.5) is 4.39 Å². The van der Waals surface area contributed by atoms with Crippen LogP contribution in [0, 0.1) is 5.82 Å². The third kappa shape index (κ3) is 3.17. The van der Waals surface area contributed by atoms with Crippen molar-refractivity contribution in [3.8, 4) is 0 Å². The molecule has 0 bridgehead atoms. The molecule has 0 aliphatic heterocycles. The number of benzene rings is 1. The Morgan fingerprint density at radius 2 is 2.19 bits per heavy atom. The van der Waals surface area contributed by atoms with Gasteiger partial charge < -0.3 is 10.8 Å². The maximum atomic E-state index is 13.6. The summed E-state index contributed by atoms with van der Waals surface area (Å²) in [5, 5.41) is 10.2. The third-order valence-corrected chi connectivity index (χ3v) is 2.94. The summed E-state index contributed by atoms with van der Waals surface area (Å²) in [6.45, 7) is 2.07. The Morgan fingerprint density at radius 1 is 1.50 bits per heavy atom. The zero-order valence-electron chi connectivity index (χ0n) is 9.34. The van der Waals surface area contributed by atoms with Crippen molar-refractivity contribution >= 4 is 11.6 Å². The Bertz CT molecular complexity index is 359. The van der Waals surface area contributed by atoms with Gasteiger partial charge in [0, 0.05) is 13.0 Å². The molecule has 1 aromatic rings. The molecule has 0 aromatic heterocycles. The van der Waals surface area contributed by atoms with Gasteiger partial charge >= 0.3 is 0 Å². The zero-order valence-corrected chi connectivity index (χ0v) is 10.1. The Morgan fingerprint density at radius 3 is 2.75 bits per heavy atom. The van der Waals surface area contributed by atoms with Gasteiger partial charge in [-0.2, -0.15) is 0 Å². The van der Waals surface area contributed by atoms with Gasteiger partial charge in [0.15, 0.2) is 0 Å². The van der Waals surface area contributed by atoms with Crippen LogP contribution in [0.2, 0.25) is 5.02 Å². The van der Waals surface area contributed by atoms with Gasteiger partial charge in [-0.25, -0.2) is 4.39 Å². The molecular formula is C12H17ClFNO. The van der Waals surface area contributed by atoms with Crippen molar-refractivity contribution in [2.45, 2.75) is 31.8 Å². The molecule has 0 saturated carbocycles. The molecule has 0 fully saturated rings. The Kier molecular flexibility index (Phi) is 4.71. The second-order valence-corrected chi connectivity index (χ2v) is 4.48. The highest BCUT2D eigenvalue weighted by atomic mass is 35.5. The lowest BCUT2D eigenvalue weighted by Crippen LogP contribution is -2.40. The molecule has 0 spiro atoms. The van der Waals surface area contributed by atoms with Gasteiger partial charge in [-0.05, 0) is 18.1 Å². The number of aliphatic hydroxyl groups is 1. The summed E-state index contributed by atoms with van der Waals surface area (Å²) in [7, 11) is 0. The quantitative estimate of drug-likeness (QED) is 0.837. The standard InChI is InChI=1S/C12H17ClFNO/c1-2-6-12(16,8-15)7-9-4-3-5-10(13)11(9)14/h3-5,16H,2,6-8,15H2,1H3. The van der Waals surface area contributed by atoms with E-state index in [4.69, 9.17) is 17.3 Å². The summed E-state index contributed by atoms with van der Waals surface area (Å²) >= 11 is 5.68. The highest BCUT2D eigenvalue weighted by Gasteiger charge is 2.26. The maximum Gasteiger partial charge on any atom is 0.145 e. The molecule has 0 amide bonds. The highest BCUT2D eigenvalue weighted by Crippen LogP contribution is 2.24. The smallest absolute Gasteiger partial charge is 0.145 e. The van der Waals surface area contributed by atoms with E-state index in [2.05, 4.69) is 0 Å². The van der Waals surface area contributed by atoms with Crippen LogP contribution in [-0.4, -0.2) is 17.3 Å². The van der Waals surface area contributed by atoms with Crippen LogP contribution < -0.4 is 5.73 Å².